The van der Waals surface area contributed by atoms with Crippen LogP contribution in [-0.2, 0) is 38.6 Å². The number of pyridine rings is 1. The molecule has 21 nitrogen and oxygen atoms in total. The molecule has 0 spiro atoms. The molecule has 71 heavy (non-hydrogen) atoms. The van der Waals surface area contributed by atoms with Gasteiger partial charge in [0.1, 0.15) is 39.4 Å². The second-order valence-corrected chi connectivity index (χ2v) is 17.0. The van der Waals surface area contributed by atoms with E-state index in [-0.39, 0.29) is 27.7 Å². The van der Waals surface area contributed by atoms with Crippen LogP contribution in [0.25, 0.3) is 5.65 Å². The number of nitrogens with zero attached hydrogens (tertiary/aromatic N) is 10. The second kappa shape index (κ2) is 27.1. The number of nitrogens with one attached hydrogen (secondary N) is 2. The summed E-state index contributed by atoms with van der Waals surface area (Å²) in [5.41, 5.74) is 3.01. The number of H-pyrrole nitrogens is 1. The predicted molar refractivity (Wildman–Crippen MR) is 262 cm³/mol. The van der Waals surface area contributed by atoms with E-state index in [0.717, 1.165) is 62.9 Å². The minimum absolute atomic E-state index is 0.0805. The number of aromatic nitrogens is 8. The Labute approximate surface area is 419 Å². The van der Waals surface area contributed by atoms with Crippen molar-refractivity contribution < 1.29 is 33.3 Å². The van der Waals surface area contributed by atoms with Crippen LogP contribution in [0.5, 0.6) is 0 Å². The van der Waals surface area contributed by atoms with E-state index in [1.165, 1.54) is 35.5 Å². The van der Waals surface area contributed by atoms with E-state index in [2.05, 4.69) is 54.7 Å². The monoisotopic (exact) mass is 1010 g/mol. The molecule has 5 aromatic heterocycles. The highest BCUT2D eigenvalue weighted by Gasteiger charge is 2.22. The van der Waals surface area contributed by atoms with Crippen LogP contribution in [-0.4, -0.2) is 158 Å². The maximum atomic E-state index is 12.9. The molecule has 6 aromatic rings. The summed E-state index contributed by atoms with van der Waals surface area (Å²) in [6.45, 7) is 16.3. The molecule has 0 bridgehead atoms. The first kappa shape index (κ1) is 53.8. The van der Waals surface area contributed by atoms with Gasteiger partial charge >= 0.3 is 5.97 Å². The summed E-state index contributed by atoms with van der Waals surface area (Å²) >= 11 is 11.8. The zero-order valence-electron chi connectivity index (χ0n) is 39.9. The molecule has 0 unspecified atom stereocenters. The number of fused-ring (bicyclic) bond motifs is 1. The van der Waals surface area contributed by atoms with Crippen molar-refractivity contribution in [2.75, 3.05) is 86.0 Å². The van der Waals surface area contributed by atoms with Gasteiger partial charge in [-0.2, -0.15) is 0 Å². The van der Waals surface area contributed by atoms with Crippen molar-refractivity contribution in [2.24, 2.45) is 0 Å². The van der Waals surface area contributed by atoms with Crippen LogP contribution < -0.4 is 16.4 Å². The Morgan fingerprint density at radius 2 is 1.23 bits per heavy atom. The van der Waals surface area contributed by atoms with E-state index in [9.17, 15) is 24.0 Å². The average Bonchev–Trinajstić information content (AvgIpc) is 3.38. The Balaban J connectivity index is 0.000000167. The maximum absolute atomic E-state index is 12.9. The molecule has 8 heterocycles. The summed E-state index contributed by atoms with van der Waals surface area (Å²) in [6, 6.07) is 10.4. The van der Waals surface area contributed by atoms with Crippen molar-refractivity contribution in [1.29, 1.82) is 0 Å². The smallest absolute Gasteiger partial charge is 0.345 e. The molecule has 2 amide bonds. The van der Waals surface area contributed by atoms with Crippen molar-refractivity contribution in [1.82, 2.24) is 59.3 Å². The molecule has 0 radical (unpaired) electrons. The van der Waals surface area contributed by atoms with E-state index in [1.54, 1.807) is 49.3 Å². The Kier molecular flexibility index (Phi) is 20.5. The summed E-state index contributed by atoms with van der Waals surface area (Å²) in [7, 11) is 1.21. The van der Waals surface area contributed by atoms with Gasteiger partial charge in [0, 0.05) is 112 Å². The minimum Gasteiger partial charge on any atom is -0.465 e. The Hall–Kier alpha value is -6.59. The van der Waals surface area contributed by atoms with E-state index in [0.29, 0.717) is 80.5 Å². The molecule has 3 fully saturated rings. The van der Waals surface area contributed by atoms with Crippen LogP contribution in [0.4, 0.5) is 0 Å². The van der Waals surface area contributed by atoms with Crippen LogP contribution >= 0.6 is 23.2 Å². The van der Waals surface area contributed by atoms with Crippen molar-refractivity contribution >= 4 is 46.6 Å². The SMILES string of the molecule is COC(=O)c1cnc(C)[nH]c1=O.Cc1ncc(C(=O)N2CCOCC2)c(Cl)n1.Cc1ncc(CN2CCOCC2)cn1.O=C(NCc1ccc(Cl)cc1)c1ccc2ncc(CN3CCOCC3)cn2c1=O. The summed E-state index contributed by atoms with van der Waals surface area (Å²) in [6.07, 6.45) is 10.00. The lowest BCUT2D eigenvalue weighted by Crippen LogP contribution is -2.40. The standard InChI is InChI=1S/C21H21ClN4O3.C10H12ClN3O2.C10H15N3O.C7H8N2O3/c22-17-3-1-15(2-4-17)11-24-20(27)18-5-6-19-23-12-16(14-26(19)21(18)28)13-25-7-9-29-10-8-25;1-7-12-6-8(9(11)13-7)10(15)14-2-4-16-5-3-14;1-9-11-6-10(7-12-9)8-13-2-4-14-5-3-13;1-4-8-3-5(6(10)9-4)7(11)12-2/h1-6,12,14H,7-11,13H2,(H,24,27);6H,2-5H2,1H3;6-7H,2-5,8H2,1H3;3H,1-2H3,(H,8,9,10). The summed E-state index contributed by atoms with van der Waals surface area (Å²) < 4.78 is 21.6. The van der Waals surface area contributed by atoms with Crippen LogP contribution in [0, 0.1) is 20.8 Å². The largest absolute Gasteiger partial charge is 0.465 e. The Morgan fingerprint density at radius 3 is 1.82 bits per heavy atom. The van der Waals surface area contributed by atoms with E-state index in [1.807, 2.05) is 31.5 Å². The molecule has 0 atom stereocenters. The fourth-order valence-corrected chi connectivity index (χ4v) is 7.43. The number of aryl methyl sites for hydroxylation is 3. The van der Waals surface area contributed by atoms with Crippen molar-refractivity contribution in [3.8, 4) is 0 Å². The summed E-state index contributed by atoms with van der Waals surface area (Å²) in [5.74, 6) is 0.627. The molecule has 23 heteroatoms. The van der Waals surface area contributed by atoms with Gasteiger partial charge in [-0.05, 0) is 50.6 Å². The number of halogens is 2. The average molecular weight is 1020 g/mol. The Bertz CT molecular complexity index is 2830. The lowest BCUT2D eigenvalue weighted by atomic mass is 10.2. The first-order valence-corrected chi connectivity index (χ1v) is 23.4. The number of carbonyl (C=O) groups excluding carboxylic acids is 3. The predicted octanol–water partition coefficient (Wildman–Crippen LogP) is 3.50. The van der Waals surface area contributed by atoms with Gasteiger partial charge in [0.25, 0.3) is 22.9 Å². The van der Waals surface area contributed by atoms with E-state index < -0.39 is 17.4 Å². The molecule has 0 aliphatic carbocycles. The molecule has 3 aliphatic rings. The van der Waals surface area contributed by atoms with Crippen molar-refractivity contribution in [3.63, 3.8) is 0 Å². The zero-order valence-corrected chi connectivity index (χ0v) is 41.4. The normalized spacial score (nSPS) is 14.9. The van der Waals surface area contributed by atoms with Gasteiger partial charge in [0.2, 0.25) is 0 Å². The van der Waals surface area contributed by atoms with E-state index in [4.69, 9.17) is 37.4 Å². The van der Waals surface area contributed by atoms with E-state index >= 15 is 0 Å². The number of methoxy groups -OCH3 is 1. The number of aromatic amines is 1. The first-order valence-electron chi connectivity index (χ1n) is 22.7. The molecule has 376 valence electrons. The topological polar surface area (TPSA) is 242 Å². The second-order valence-electron chi connectivity index (χ2n) is 16.2. The van der Waals surface area contributed by atoms with Crippen molar-refractivity contribution in [3.05, 3.63) is 155 Å². The number of hydrogen-bond donors (Lipinski definition) is 2. The molecule has 9 rings (SSSR count). The highest BCUT2D eigenvalue weighted by Crippen LogP contribution is 2.16. The number of esters is 1. The molecule has 3 aliphatic heterocycles. The molecule has 3 saturated heterocycles. The van der Waals surface area contributed by atoms with Gasteiger partial charge in [-0.3, -0.25) is 33.4 Å². The van der Waals surface area contributed by atoms with Crippen molar-refractivity contribution in [2.45, 2.75) is 40.4 Å². The first-order chi connectivity index (χ1) is 34.3. The van der Waals surface area contributed by atoms with Crippen LogP contribution in [0.3, 0.4) is 0 Å². The molecular formula is C48H56Cl2N12O9. The number of carbonyl (C=O) groups is 3. The van der Waals surface area contributed by atoms with Crippen LogP contribution in [0.15, 0.2) is 83.2 Å². The molecule has 2 N–H and O–H groups in total. The minimum atomic E-state index is -0.677. The van der Waals surface area contributed by atoms with Gasteiger partial charge in [-0.15, -0.1) is 0 Å². The third-order valence-corrected chi connectivity index (χ3v) is 11.5. The van der Waals surface area contributed by atoms with Gasteiger partial charge in [0.15, 0.2) is 0 Å². The lowest BCUT2D eigenvalue weighted by molar-refractivity contribution is 0.0302. The summed E-state index contributed by atoms with van der Waals surface area (Å²) in [5, 5.41) is 3.63. The highest BCUT2D eigenvalue weighted by molar-refractivity contribution is 6.32. The third-order valence-electron chi connectivity index (χ3n) is 10.9. The maximum Gasteiger partial charge on any atom is 0.345 e. The quantitative estimate of drug-likeness (QED) is 0.156. The fraction of sp³-hybridized carbons (Fsp3) is 0.396. The summed E-state index contributed by atoms with van der Waals surface area (Å²) in [4.78, 5) is 92.5. The number of benzene rings is 1. The Morgan fingerprint density at radius 1 is 0.662 bits per heavy atom. The zero-order chi connectivity index (χ0) is 50.7. The number of amides is 2. The fourth-order valence-electron chi connectivity index (χ4n) is 7.05. The third kappa shape index (κ3) is 16.5. The number of rotatable bonds is 9. The molecule has 1 aromatic carbocycles. The van der Waals surface area contributed by atoms with Gasteiger partial charge in [-0.25, -0.2) is 34.7 Å². The molecular weight excluding hydrogens is 960 g/mol. The number of hydrogen-bond acceptors (Lipinski definition) is 17. The number of morpholine rings is 3. The highest BCUT2D eigenvalue weighted by atomic mass is 35.5. The number of ether oxygens (including phenoxy) is 4. The van der Waals surface area contributed by atoms with Crippen LogP contribution in [0.2, 0.25) is 10.2 Å². The lowest BCUT2D eigenvalue weighted by Gasteiger charge is -2.26. The van der Waals surface area contributed by atoms with Gasteiger partial charge in [-0.1, -0.05) is 35.3 Å². The van der Waals surface area contributed by atoms with Crippen LogP contribution in [0.1, 0.15) is 65.2 Å². The van der Waals surface area contributed by atoms with Gasteiger partial charge in [0.05, 0.1) is 52.3 Å². The van der Waals surface area contributed by atoms with Gasteiger partial charge < -0.3 is 34.1 Å². The molecule has 0 saturated carbocycles.